The van der Waals surface area contributed by atoms with E-state index < -0.39 is 0 Å². The Labute approximate surface area is 77.9 Å². The van der Waals surface area contributed by atoms with Gasteiger partial charge in [-0.3, -0.25) is 0 Å². The number of hydrogen-bond acceptors (Lipinski definition) is 1. The molecule has 0 amide bonds. The lowest BCUT2D eigenvalue weighted by Gasteiger charge is -2.26. The van der Waals surface area contributed by atoms with Gasteiger partial charge >= 0.3 is 0 Å². The van der Waals surface area contributed by atoms with Gasteiger partial charge in [0.15, 0.2) is 0 Å². The molecule has 0 aromatic rings. The molecule has 1 fully saturated rings. The standard InChI is InChI=1S/C8H17N.C3H8/c1-8(2,3)7-5-4-6-9-7;1-3-2/h7,9H,4-6H2,1-3H3;3H2,1-2H3. The molecule has 0 spiro atoms. The van der Waals surface area contributed by atoms with Crippen LogP contribution in [0.4, 0.5) is 0 Å². The largest absolute Gasteiger partial charge is 0.313 e. The van der Waals surface area contributed by atoms with Crippen LogP contribution in [0.1, 0.15) is 53.9 Å². The molecule has 1 N–H and O–H groups in total. The first-order chi connectivity index (χ1) is 5.52. The second-order valence-corrected chi connectivity index (χ2v) is 4.72. The predicted octanol–water partition coefficient (Wildman–Crippen LogP) is 3.20. The summed E-state index contributed by atoms with van der Waals surface area (Å²) in [5.41, 5.74) is 0.469. The summed E-state index contributed by atoms with van der Waals surface area (Å²) in [6.07, 6.45) is 3.98. The molecule has 0 aromatic heterocycles. The maximum Gasteiger partial charge on any atom is 0.0116 e. The molecule has 0 radical (unpaired) electrons. The fraction of sp³-hybridized carbons (Fsp3) is 1.00. The Bertz CT molecular complexity index is 96.1. The van der Waals surface area contributed by atoms with E-state index in [1.54, 1.807) is 0 Å². The van der Waals surface area contributed by atoms with Gasteiger partial charge in [-0.25, -0.2) is 0 Å². The lowest BCUT2D eigenvalue weighted by Crippen LogP contribution is -2.34. The van der Waals surface area contributed by atoms with E-state index in [1.807, 2.05) is 0 Å². The van der Waals surface area contributed by atoms with Crippen LogP contribution in [-0.2, 0) is 0 Å². The van der Waals surface area contributed by atoms with Crippen molar-refractivity contribution in [3.05, 3.63) is 0 Å². The second-order valence-electron chi connectivity index (χ2n) is 4.72. The smallest absolute Gasteiger partial charge is 0.0116 e. The van der Waals surface area contributed by atoms with E-state index in [0.29, 0.717) is 5.41 Å². The third kappa shape index (κ3) is 4.76. The van der Waals surface area contributed by atoms with Crippen molar-refractivity contribution in [1.82, 2.24) is 5.32 Å². The Morgan fingerprint density at radius 3 is 1.92 bits per heavy atom. The number of rotatable bonds is 0. The van der Waals surface area contributed by atoms with Crippen LogP contribution >= 0.6 is 0 Å². The van der Waals surface area contributed by atoms with E-state index in [1.165, 1.54) is 25.8 Å². The van der Waals surface area contributed by atoms with Crippen molar-refractivity contribution >= 4 is 0 Å². The molecule has 0 saturated carbocycles. The molecule has 1 heteroatoms. The van der Waals surface area contributed by atoms with Gasteiger partial charge in [0.2, 0.25) is 0 Å². The normalized spacial score (nSPS) is 23.2. The summed E-state index contributed by atoms with van der Waals surface area (Å²) in [5.74, 6) is 0. The van der Waals surface area contributed by atoms with Crippen molar-refractivity contribution < 1.29 is 0 Å². The first-order valence-corrected chi connectivity index (χ1v) is 5.25. The molecule has 1 aliphatic heterocycles. The third-order valence-corrected chi connectivity index (χ3v) is 2.11. The molecule has 74 valence electrons. The molecule has 1 aliphatic rings. The topological polar surface area (TPSA) is 12.0 Å². The van der Waals surface area contributed by atoms with Crippen molar-refractivity contribution in [2.75, 3.05) is 6.54 Å². The fourth-order valence-corrected chi connectivity index (χ4v) is 1.42. The lowest BCUT2D eigenvalue weighted by molar-refractivity contribution is 0.295. The molecular formula is C11H25N. The van der Waals surface area contributed by atoms with Crippen LogP contribution in [0, 0.1) is 5.41 Å². The summed E-state index contributed by atoms with van der Waals surface area (Å²) in [4.78, 5) is 0. The average molecular weight is 171 g/mol. The summed E-state index contributed by atoms with van der Waals surface area (Å²) in [5, 5.41) is 3.50. The van der Waals surface area contributed by atoms with E-state index in [-0.39, 0.29) is 0 Å². The van der Waals surface area contributed by atoms with E-state index in [9.17, 15) is 0 Å². The van der Waals surface area contributed by atoms with Gasteiger partial charge in [-0.1, -0.05) is 41.0 Å². The van der Waals surface area contributed by atoms with Gasteiger partial charge in [0.25, 0.3) is 0 Å². The van der Waals surface area contributed by atoms with E-state index in [4.69, 9.17) is 0 Å². The first-order valence-electron chi connectivity index (χ1n) is 5.25. The van der Waals surface area contributed by atoms with Gasteiger partial charge in [-0.15, -0.1) is 0 Å². The molecule has 0 aromatic carbocycles. The average Bonchev–Trinajstić information content (AvgIpc) is 2.36. The molecule has 1 heterocycles. The molecule has 1 unspecified atom stereocenters. The summed E-state index contributed by atoms with van der Waals surface area (Å²) in [6.45, 7) is 12.4. The maximum atomic E-state index is 3.50. The summed E-state index contributed by atoms with van der Waals surface area (Å²) < 4.78 is 0. The highest BCUT2D eigenvalue weighted by molar-refractivity contribution is 4.84. The molecule has 12 heavy (non-hydrogen) atoms. The fourth-order valence-electron chi connectivity index (χ4n) is 1.42. The minimum atomic E-state index is 0.469. The van der Waals surface area contributed by atoms with E-state index in [0.717, 1.165) is 6.04 Å². The van der Waals surface area contributed by atoms with Crippen LogP contribution in [0.5, 0.6) is 0 Å². The van der Waals surface area contributed by atoms with Gasteiger partial charge in [-0.2, -0.15) is 0 Å². The summed E-state index contributed by atoms with van der Waals surface area (Å²) >= 11 is 0. The first kappa shape index (κ1) is 12.0. The Kier molecular flexibility index (Phi) is 5.56. The van der Waals surface area contributed by atoms with Crippen molar-refractivity contribution in [1.29, 1.82) is 0 Å². The quantitative estimate of drug-likeness (QED) is 0.590. The SMILES string of the molecule is CC(C)(C)C1CCCN1.CCC. The highest BCUT2D eigenvalue weighted by Gasteiger charge is 2.26. The van der Waals surface area contributed by atoms with Gasteiger partial charge in [0.05, 0.1) is 0 Å². The molecule has 0 aliphatic carbocycles. The molecule has 0 bridgehead atoms. The highest BCUT2D eigenvalue weighted by atomic mass is 14.9. The van der Waals surface area contributed by atoms with E-state index >= 15 is 0 Å². The molecule has 1 nitrogen and oxygen atoms in total. The predicted molar refractivity (Wildman–Crippen MR) is 56.4 cm³/mol. The molecule has 1 rings (SSSR count). The van der Waals surface area contributed by atoms with Crippen LogP contribution in [0.15, 0.2) is 0 Å². The second kappa shape index (κ2) is 5.58. The van der Waals surface area contributed by atoms with Crippen LogP contribution in [0.25, 0.3) is 0 Å². The Balaban J connectivity index is 0.000000354. The van der Waals surface area contributed by atoms with Gasteiger partial charge in [0, 0.05) is 6.04 Å². The minimum Gasteiger partial charge on any atom is -0.313 e. The van der Waals surface area contributed by atoms with Crippen molar-refractivity contribution in [3.63, 3.8) is 0 Å². The van der Waals surface area contributed by atoms with Crippen LogP contribution in [0.3, 0.4) is 0 Å². The van der Waals surface area contributed by atoms with Gasteiger partial charge in [-0.05, 0) is 24.8 Å². The monoisotopic (exact) mass is 171 g/mol. The summed E-state index contributed by atoms with van der Waals surface area (Å²) in [6, 6.07) is 0.762. The van der Waals surface area contributed by atoms with Crippen LogP contribution in [-0.4, -0.2) is 12.6 Å². The van der Waals surface area contributed by atoms with Gasteiger partial charge in [0.1, 0.15) is 0 Å². The minimum absolute atomic E-state index is 0.469. The van der Waals surface area contributed by atoms with Crippen LogP contribution < -0.4 is 5.32 Å². The third-order valence-electron chi connectivity index (χ3n) is 2.11. The zero-order chi connectivity index (χ0) is 9.61. The van der Waals surface area contributed by atoms with Gasteiger partial charge < -0.3 is 5.32 Å². The summed E-state index contributed by atoms with van der Waals surface area (Å²) in [7, 11) is 0. The lowest BCUT2D eigenvalue weighted by atomic mass is 9.86. The Morgan fingerprint density at radius 2 is 1.75 bits per heavy atom. The maximum absolute atomic E-state index is 3.50. The van der Waals surface area contributed by atoms with Crippen molar-refractivity contribution in [2.24, 2.45) is 5.41 Å². The van der Waals surface area contributed by atoms with Crippen molar-refractivity contribution in [2.45, 2.75) is 59.9 Å². The molecular weight excluding hydrogens is 146 g/mol. The zero-order valence-electron chi connectivity index (χ0n) is 9.41. The Hall–Kier alpha value is -0.0400. The van der Waals surface area contributed by atoms with E-state index in [2.05, 4.69) is 39.9 Å². The number of nitrogens with one attached hydrogen (secondary N) is 1. The van der Waals surface area contributed by atoms with Crippen molar-refractivity contribution in [3.8, 4) is 0 Å². The molecule has 1 saturated heterocycles. The highest BCUT2D eigenvalue weighted by Crippen LogP contribution is 2.25. The molecule has 1 atom stereocenters. The number of hydrogen-bond donors (Lipinski definition) is 1. The van der Waals surface area contributed by atoms with Crippen LogP contribution in [0.2, 0.25) is 0 Å². The zero-order valence-corrected chi connectivity index (χ0v) is 9.41. The Morgan fingerprint density at radius 1 is 1.25 bits per heavy atom.